The van der Waals surface area contributed by atoms with Crippen molar-refractivity contribution in [3.05, 3.63) is 34.7 Å². The van der Waals surface area contributed by atoms with Crippen molar-refractivity contribution in [2.24, 2.45) is 5.73 Å². The molecule has 0 aliphatic carbocycles. The highest BCUT2D eigenvalue weighted by atomic mass is 35.5. The minimum absolute atomic E-state index is 0. The Morgan fingerprint density at radius 3 is 2.90 bits per heavy atom. The Hall–Kier alpha value is -1.43. The lowest BCUT2D eigenvalue weighted by Crippen LogP contribution is -2.13. The van der Waals surface area contributed by atoms with Crippen molar-refractivity contribution < 1.29 is 4.79 Å². The minimum Gasteiger partial charge on any atom is -0.330 e. The second-order valence-corrected chi connectivity index (χ2v) is 5.34. The van der Waals surface area contributed by atoms with Crippen molar-refractivity contribution in [3.8, 4) is 11.3 Å². The molecule has 0 aliphatic rings. The van der Waals surface area contributed by atoms with Gasteiger partial charge in [0.05, 0.1) is 10.7 Å². The summed E-state index contributed by atoms with van der Waals surface area (Å²) in [5.74, 6) is -0.00272. The first-order chi connectivity index (χ1) is 9.19. The van der Waals surface area contributed by atoms with Crippen LogP contribution in [0.15, 0.2) is 29.6 Å². The summed E-state index contributed by atoms with van der Waals surface area (Å²) in [6.07, 6.45) is 1.16. The summed E-state index contributed by atoms with van der Waals surface area (Å²) in [7, 11) is 0. The highest BCUT2D eigenvalue weighted by Gasteiger charge is 2.05. The van der Waals surface area contributed by atoms with Gasteiger partial charge in [-0.2, -0.15) is 0 Å². The molecule has 1 aromatic carbocycles. The molecule has 2 aromatic rings. The van der Waals surface area contributed by atoms with Gasteiger partial charge in [-0.15, -0.1) is 23.7 Å². The van der Waals surface area contributed by atoms with Crippen LogP contribution in [0.5, 0.6) is 0 Å². The van der Waals surface area contributed by atoms with Crippen LogP contribution in [0.25, 0.3) is 11.3 Å². The summed E-state index contributed by atoms with van der Waals surface area (Å²) >= 11 is 1.62. The fourth-order valence-electron chi connectivity index (χ4n) is 1.74. The predicted molar refractivity (Wildman–Crippen MR) is 86.5 cm³/mol. The second kappa shape index (κ2) is 7.99. The normalized spacial score (nSPS) is 9.90. The molecular formula is C14H18ClN3OS. The number of carbonyl (C=O) groups excluding carboxylic acids is 1. The van der Waals surface area contributed by atoms with Gasteiger partial charge in [-0.25, -0.2) is 4.98 Å². The van der Waals surface area contributed by atoms with E-state index >= 15 is 0 Å². The van der Waals surface area contributed by atoms with Gasteiger partial charge in [0.2, 0.25) is 5.91 Å². The number of nitrogens with zero attached hydrogens (tertiary/aromatic N) is 1. The molecule has 0 bridgehead atoms. The van der Waals surface area contributed by atoms with Crippen molar-refractivity contribution in [3.63, 3.8) is 0 Å². The van der Waals surface area contributed by atoms with E-state index in [2.05, 4.69) is 10.3 Å². The third kappa shape index (κ3) is 4.59. The maximum atomic E-state index is 11.6. The van der Waals surface area contributed by atoms with Crippen LogP contribution in [0, 0.1) is 6.92 Å². The highest BCUT2D eigenvalue weighted by molar-refractivity contribution is 7.09. The largest absolute Gasteiger partial charge is 0.330 e. The molecule has 0 radical (unpaired) electrons. The van der Waals surface area contributed by atoms with Gasteiger partial charge in [-0.05, 0) is 32.0 Å². The van der Waals surface area contributed by atoms with Gasteiger partial charge < -0.3 is 11.1 Å². The van der Waals surface area contributed by atoms with Gasteiger partial charge in [0.1, 0.15) is 0 Å². The number of aryl methyl sites for hydroxylation is 1. The number of carbonyl (C=O) groups is 1. The molecule has 4 nitrogen and oxygen atoms in total. The lowest BCUT2D eigenvalue weighted by atomic mass is 10.1. The number of benzene rings is 1. The SMILES string of the molecule is Cc1nc(-c2cccc(NC(=O)CCCN)c2)cs1.Cl. The lowest BCUT2D eigenvalue weighted by molar-refractivity contribution is -0.116. The van der Waals surface area contributed by atoms with Crippen LogP contribution in [-0.2, 0) is 4.79 Å². The average Bonchev–Trinajstić information content (AvgIpc) is 2.83. The maximum absolute atomic E-state index is 11.6. The smallest absolute Gasteiger partial charge is 0.224 e. The van der Waals surface area contributed by atoms with Gasteiger partial charge in [-0.3, -0.25) is 4.79 Å². The van der Waals surface area contributed by atoms with Crippen LogP contribution in [0.1, 0.15) is 17.8 Å². The predicted octanol–water partition coefficient (Wildman–Crippen LogP) is 3.22. The Morgan fingerprint density at radius 2 is 2.25 bits per heavy atom. The van der Waals surface area contributed by atoms with Crippen molar-refractivity contribution in [2.75, 3.05) is 11.9 Å². The number of anilines is 1. The van der Waals surface area contributed by atoms with Crippen molar-refractivity contribution in [1.29, 1.82) is 0 Å². The van der Waals surface area contributed by atoms with Crippen LogP contribution in [0.3, 0.4) is 0 Å². The molecule has 1 heterocycles. The van der Waals surface area contributed by atoms with Gasteiger partial charge in [0, 0.05) is 23.1 Å². The number of halogens is 1. The maximum Gasteiger partial charge on any atom is 0.224 e. The highest BCUT2D eigenvalue weighted by Crippen LogP contribution is 2.24. The zero-order valence-corrected chi connectivity index (χ0v) is 12.9. The molecule has 0 saturated heterocycles. The van der Waals surface area contributed by atoms with E-state index in [1.165, 1.54) is 0 Å². The Morgan fingerprint density at radius 1 is 1.45 bits per heavy atom. The molecule has 0 aliphatic heterocycles. The number of nitrogens with one attached hydrogen (secondary N) is 1. The molecule has 20 heavy (non-hydrogen) atoms. The topological polar surface area (TPSA) is 68.0 Å². The lowest BCUT2D eigenvalue weighted by Gasteiger charge is -2.06. The van der Waals surface area contributed by atoms with E-state index in [1.807, 2.05) is 36.6 Å². The van der Waals surface area contributed by atoms with E-state index in [0.717, 1.165) is 22.0 Å². The van der Waals surface area contributed by atoms with E-state index < -0.39 is 0 Å². The number of amides is 1. The molecule has 0 fully saturated rings. The fraction of sp³-hybridized carbons (Fsp3) is 0.286. The van der Waals surface area contributed by atoms with Gasteiger partial charge in [-0.1, -0.05) is 12.1 Å². The number of hydrogen-bond donors (Lipinski definition) is 2. The van der Waals surface area contributed by atoms with Crippen LogP contribution in [0.4, 0.5) is 5.69 Å². The number of hydrogen-bond acceptors (Lipinski definition) is 4. The summed E-state index contributed by atoms with van der Waals surface area (Å²) in [6.45, 7) is 2.51. The van der Waals surface area contributed by atoms with Crippen molar-refractivity contribution in [2.45, 2.75) is 19.8 Å². The first-order valence-electron chi connectivity index (χ1n) is 6.21. The number of aromatic nitrogens is 1. The fourth-order valence-corrected chi connectivity index (χ4v) is 2.36. The Kier molecular flexibility index (Phi) is 6.64. The molecule has 2 rings (SSSR count). The number of thiazole rings is 1. The summed E-state index contributed by atoms with van der Waals surface area (Å²) in [6, 6.07) is 7.73. The molecule has 0 unspecified atom stereocenters. The number of nitrogens with two attached hydrogens (primary N) is 1. The molecule has 108 valence electrons. The quantitative estimate of drug-likeness (QED) is 0.891. The summed E-state index contributed by atoms with van der Waals surface area (Å²) < 4.78 is 0. The standard InChI is InChI=1S/C14H17N3OS.ClH/c1-10-16-13(9-19-10)11-4-2-5-12(8-11)17-14(18)6-3-7-15;/h2,4-5,8-9H,3,6-7,15H2,1H3,(H,17,18);1H. The first kappa shape index (κ1) is 16.6. The van der Waals surface area contributed by atoms with E-state index in [4.69, 9.17) is 5.73 Å². The van der Waals surface area contributed by atoms with Crippen LogP contribution >= 0.6 is 23.7 Å². The van der Waals surface area contributed by atoms with E-state index in [1.54, 1.807) is 11.3 Å². The average molecular weight is 312 g/mol. The zero-order valence-electron chi connectivity index (χ0n) is 11.3. The Labute approximate surface area is 128 Å². The first-order valence-corrected chi connectivity index (χ1v) is 7.09. The molecule has 3 N–H and O–H groups in total. The second-order valence-electron chi connectivity index (χ2n) is 4.27. The molecule has 1 amide bonds. The van der Waals surface area contributed by atoms with E-state index in [-0.39, 0.29) is 18.3 Å². The Bertz CT molecular complexity index is 571. The monoisotopic (exact) mass is 311 g/mol. The van der Waals surface area contributed by atoms with Crippen LogP contribution in [0.2, 0.25) is 0 Å². The molecule has 0 saturated carbocycles. The molecule has 0 atom stereocenters. The van der Waals surface area contributed by atoms with Crippen LogP contribution in [-0.4, -0.2) is 17.4 Å². The van der Waals surface area contributed by atoms with E-state index in [0.29, 0.717) is 19.4 Å². The summed E-state index contributed by atoms with van der Waals surface area (Å²) in [5.41, 5.74) is 8.14. The van der Waals surface area contributed by atoms with Gasteiger partial charge >= 0.3 is 0 Å². The Balaban J connectivity index is 0.00000200. The third-order valence-corrected chi connectivity index (χ3v) is 3.44. The summed E-state index contributed by atoms with van der Waals surface area (Å²) in [4.78, 5) is 16.1. The van der Waals surface area contributed by atoms with Crippen molar-refractivity contribution in [1.82, 2.24) is 4.98 Å². The van der Waals surface area contributed by atoms with Crippen molar-refractivity contribution >= 4 is 35.3 Å². The third-order valence-electron chi connectivity index (χ3n) is 2.67. The molecule has 6 heteroatoms. The minimum atomic E-state index is -0.00272. The summed E-state index contributed by atoms with van der Waals surface area (Å²) in [5, 5.41) is 5.93. The van der Waals surface area contributed by atoms with Crippen LogP contribution < -0.4 is 11.1 Å². The zero-order chi connectivity index (χ0) is 13.7. The van der Waals surface area contributed by atoms with Gasteiger partial charge in [0.25, 0.3) is 0 Å². The molecular weight excluding hydrogens is 294 g/mol. The van der Waals surface area contributed by atoms with Gasteiger partial charge in [0.15, 0.2) is 0 Å². The van der Waals surface area contributed by atoms with E-state index in [9.17, 15) is 4.79 Å². The number of rotatable bonds is 5. The molecule has 1 aromatic heterocycles. The molecule has 0 spiro atoms.